The van der Waals surface area contributed by atoms with Crippen LogP contribution in [0.4, 0.5) is 0 Å². The fraction of sp³-hybridized carbons (Fsp3) is 0.538. The highest BCUT2D eigenvalue weighted by molar-refractivity contribution is 7.99. The van der Waals surface area contributed by atoms with Crippen molar-refractivity contribution in [2.24, 2.45) is 5.92 Å². The second kappa shape index (κ2) is 7.98. The molecule has 17 heavy (non-hydrogen) atoms. The lowest BCUT2D eigenvalue weighted by Crippen LogP contribution is -2.13. The molecule has 0 spiro atoms. The van der Waals surface area contributed by atoms with E-state index in [1.54, 1.807) is 11.8 Å². The summed E-state index contributed by atoms with van der Waals surface area (Å²) in [6, 6.07) is 6.00. The molecular formula is C13H20ClNOS. The highest BCUT2D eigenvalue weighted by Crippen LogP contribution is 2.31. The minimum absolute atomic E-state index is 0.222. The Bertz CT molecular complexity index is 346. The Morgan fingerprint density at radius 1 is 1.47 bits per heavy atom. The number of halogens is 1. The van der Waals surface area contributed by atoms with Crippen molar-refractivity contribution in [2.45, 2.75) is 25.3 Å². The first-order valence-corrected chi connectivity index (χ1v) is 7.27. The molecule has 0 bridgehead atoms. The summed E-state index contributed by atoms with van der Waals surface area (Å²) in [5.74, 6) is 1.18. The topological polar surface area (TPSA) is 32.3 Å². The zero-order valence-corrected chi connectivity index (χ0v) is 11.9. The average molecular weight is 274 g/mol. The van der Waals surface area contributed by atoms with E-state index in [2.05, 4.69) is 18.3 Å². The number of hydrogen-bond acceptors (Lipinski definition) is 3. The first kappa shape index (κ1) is 14.8. The van der Waals surface area contributed by atoms with Crippen molar-refractivity contribution < 1.29 is 5.11 Å². The third-order valence-electron chi connectivity index (χ3n) is 2.44. The number of nitrogens with one attached hydrogen (secondary N) is 1. The van der Waals surface area contributed by atoms with Gasteiger partial charge in [0.25, 0.3) is 0 Å². The van der Waals surface area contributed by atoms with Crippen LogP contribution < -0.4 is 5.32 Å². The van der Waals surface area contributed by atoms with Crippen LogP contribution in [0.15, 0.2) is 23.1 Å². The smallest absolute Gasteiger partial charge is 0.0545 e. The third kappa shape index (κ3) is 4.88. The SMILES string of the molecule is CCNCc1cccc(Cl)c1SCC(C)CO. The van der Waals surface area contributed by atoms with Gasteiger partial charge in [-0.05, 0) is 24.1 Å². The van der Waals surface area contributed by atoms with E-state index in [0.29, 0.717) is 5.92 Å². The number of thioether (sulfide) groups is 1. The van der Waals surface area contributed by atoms with Crippen LogP contribution in [0.2, 0.25) is 5.02 Å². The van der Waals surface area contributed by atoms with Gasteiger partial charge in [-0.15, -0.1) is 11.8 Å². The molecule has 1 unspecified atom stereocenters. The summed E-state index contributed by atoms with van der Waals surface area (Å²) in [4.78, 5) is 1.13. The van der Waals surface area contributed by atoms with Crippen molar-refractivity contribution in [3.63, 3.8) is 0 Å². The zero-order valence-electron chi connectivity index (χ0n) is 10.4. The zero-order chi connectivity index (χ0) is 12.7. The van der Waals surface area contributed by atoms with E-state index in [-0.39, 0.29) is 6.61 Å². The van der Waals surface area contributed by atoms with Crippen LogP contribution in [-0.4, -0.2) is 24.0 Å². The van der Waals surface area contributed by atoms with Crippen molar-refractivity contribution in [2.75, 3.05) is 18.9 Å². The molecule has 0 aliphatic rings. The van der Waals surface area contributed by atoms with Crippen LogP contribution in [0.3, 0.4) is 0 Å². The quantitative estimate of drug-likeness (QED) is 0.749. The van der Waals surface area contributed by atoms with E-state index in [9.17, 15) is 0 Å². The molecule has 2 nitrogen and oxygen atoms in total. The fourth-order valence-corrected chi connectivity index (χ4v) is 2.84. The molecule has 1 rings (SSSR count). The standard InChI is InChI=1S/C13H20ClNOS/c1-3-15-7-11-5-4-6-12(14)13(11)17-9-10(2)8-16/h4-6,10,15-16H,3,7-9H2,1-2H3. The Balaban J connectivity index is 2.72. The summed E-state index contributed by atoms with van der Waals surface area (Å²) in [5, 5.41) is 13.1. The van der Waals surface area contributed by atoms with Gasteiger partial charge in [-0.25, -0.2) is 0 Å². The maximum atomic E-state index is 9.03. The predicted octanol–water partition coefficient (Wildman–Crippen LogP) is 3.17. The summed E-state index contributed by atoms with van der Waals surface area (Å²) in [7, 11) is 0. The third-order valence-corrected chi connectivity index (χ3v) is 4.37. The molecule has 0 aliphatic heterocycles. The Labute approximate surface area is 113 Å². The molecule has 1 aromatic rings. The van der Waals surface area contributed by atoms with E-state index < -0.39 is 0 Å². The number of benzene rings is 1. The molecule has 0 saturated heterocycles. The van der Waals surface area contributed by atoms with Crippen LogP contribution in [0, 0.1) is 5.92 Å². The van der Waals surface area contributed by atoms with Crippen molar-refractivity contribution >= 4 is 23.4 Å². The maximum absolute atomic E-state index is 9.03. The van der Waals surface area contributed by atoms with Gasteiger partial charge >= 0.3 is 0 Å². The monoisotopic (exact) mass is 273 g/mol. The number of hydrogen-bond donors (Lipinski definition) is 2. The summed E-state index contributed by atoms with van der Waals surface area (Å²) in [6.07, 6.45) is 0. The molecule has 1 atom stereocenters. The summed E-state index contributed by atoms with van der Waals surface area (Å²) in [5.41, 5.74) is 1.23. The molecule has 0 saturated carbocycles. The lowest BCUT2D eigenvalue weighted by atomic mass is 10.2. The van der Waals surface area contributed by atoms with Crippen molar-refractivity contribution in [1.29, 1.82) is 0 Å². The van der Waals surface area contributed by atoms with E-state index in [1.807, 2.05) is 19.1 Å². The molecular weight excluding hydrogens is 254 g/mol. The van der Waals surface area contributed by atoms with Crippen LogP contribution in [0.25, 0.3) is 0 Å². The average Bonchev–Trinajstić information content (AvgIpc) is 2.34. The summed E-state index contributed by atoms with van der Waals surface area (Å²) in [6.45, 7) is 6.13. The van der Waals surface area contributed by atoms with Gasteiger partial charge in [0.2, 0.25) is 0 Å². The molecule has 2 N–H and O–H groups in total. The normalized spacial score (nSPS) is 12.7. The van der Waals surface area contributed by atoms with Crippen molar-refractivity contribution in [1.82, 2.24) is 5.32 Å². The van der Waals surface area contributed by atoms with E-state index in [1.165, 1.54) is 5.56 Å². The minimum Gasteiger partial charge on any atom is -0.396 e. The van der Waals surface area contributed by atoms with Gasteiger partial charge in [-0.3, -0.25) is 0 Å². The highest BCUT2D eigenvalue weighted by Gasteiger charge is 2.09. The number of aliphatic hydroxyl groups excluding tert-OH is 1. The molecule has 0 aliphatic carbocycles. The lowest BCUT2D eigenvalue weighted by molar-refractivity contribution is 0.250. The minimum atomic E-state index is 0.222. The number of aliphatic hydroxyl groups is 1. The second-order valence-corrected chi connectivity index (χ2v) is 5.54. The van der Waals surface area contributed by atoms with Gasteiger partial charge in [-0.1, -0.05) is 37.6 Å². The van der Waals surface area contributed by atoms with Crippen molar-refractivity contribution in [3.8, 4) is 0 Å². The van der Waals surface area contributed by atoms with Crippen molar-refractivity contribution in [3.05, 3.63) is 28.8 Å². The summed E-state index contributed by atoms with van der Waals surface area (Å²) >= 11 is 7.95. The molecule has 96 valence electrons. The fourth-order valence-electron chi connectivity index (χ4n) is 1.39. The molecule has 0 fully saturated rings. The first-order valence-electron chi connectivity index (χ1n) is 5.90. The maximum Gasteiger partial charge on any atom is 0.0545 e. The van der Waals surface area contributed by atoms with Gasteiger partial charge in [0.15, 0.2) is 0 Å². The summed E-state index contributed by atoms with van der Waals surface area (Å²) < 4.78 is 0. The Kier molecular flexibility index (Phi) is 6.97. The Morgan fingerprint density at radius 2 is 2.24 bits per heavy atom. The Hall–Kier alpha value is -0.220. The van der Waals surface area contributed by atoms with Gasteiger partial charge in [0.1, 0.15) is 0 Å². The molecule has 0 amide bonds. The molecule has 0 radical (unpaired) electrons. The van der Waals surface area contributed by atoms with Crippen LogP contribution in [-0.2, 0) is 6.54 Å². The van der Waals surface area contributed by atoms with E-state index in [4.69, 9.17) is 16.7 Å². The molecule has 0 heterocycles. The lowest BCUT2D eigenvalue weighted by Gasteiger charge is -2.13. The second-order valence-electron chi connectivity index (χ2n) is 4.11. The molecule has 1 aromatic carbocycles. The van der Waals surface area contributed by atoms with Crippen LogP contribution in [0.5, 0.6) is 0 Å². The van der Waals surface area contributed by atoms with Gasteiger partial charge in [0, 0.05) is 23.8 Å². The highest BCUT2D eigenvalue weighted by atomic mass is 35.5. The molecule has 4 heteroatoms. The van der Waals surface area contributed by atoms with Gasteiger partial charge in [0.05, 0.1) is 5.02 Å². The Morgan fingerprint density at radius 3 is 2.88 bits per heavy atom. The predicted molar refractivity (Wildman–Crippen MR) is 75.8 cm³/mol. The molecule has 0 aromatic heterocycles. The largest absolute Gasteiger partial charge is 0.396 e. The number of rotatable bonds is 7. The van der Waals surface area contributed by atoms with Gasteiger partial charge < -0.3 is 10.4 Å². The first-order chi connectivity index (χ1) is 8.19. The van der Waals surface area contributed by atoms with Gasteiger partial charge in [-0.2, -0.15) is 0 Å². The van der Waals surface area contributed by atoms with E-state index >= 15 is 0 Å². The van der Waals surface area contributed by atoms with Crippen LogP contribution in [0.1, 0.15) is 19.4 Å². The van der Waals surface area contributed by atoms with E-state index in [0.717, 1.165) is 28.8 Å². The van der Waals surface area contributed by atoms with Crippen LogP contribution >= 0.6 is 23.4 Å².